The number of nitrogens with one attached hydrogen (secondary N) is 1. The van der Waals surface area contributed by atoms with Gasteiger partial charge in [-0.05, 0) is 54.5 Å². The molecular weight excluding hydrogens is 437 g/mol. The summed E-state index contributed by atoms with van der Waals surface area (Å²) in [6, 6.07) is 15.0. The normalized spacial score (nSPS) is 16.6. The molecule has 1 aliphatic rings. The number of aliphatic hydroxyl groups is 2. The molecular formula is C26H26FN3O4. The molecule has 34 heavy (non-hydrogen) atoms. The van der Waals surface area contributed by atoms with Crippen molar-refractivity contribution in [2.45, 2.75) is 25.0 Å². The van der Waals surface area contributed by atoms with E-state index >= 15 is 0 Å². The van der Waals surface area contributed by atoms with Gasteiger partial charge in [0.2, 0.25) is 0 Å². The maximum absolute atomic E-state index is 13.8. The Hall–Kier alpha value is -3.49. The minimum Gasteiger partial charge on any atom is -0.423 e. The molecule has 0 amide bonds. The molecule has 1 aliphatic heterocycles. The van der Waals surface area contributed by atoms with E-state index in [9.17, 15) is 19.4 Å². The van der Waals surface area contributed by atoms with Crippen LogP contribution in [-0.4, -0.2) is 47.0 Å². The number of aliphatic hydroxyl groups excluding tert-OH is 2. The fourth-order valence-corrected chi connectivity index (χ4v) is 4.74. The third-order valence-corrected chi connectivity index (χ3v) is 6.58. The Morgan fingerprint density at radius 2 is 1.88 bits per heavy atom. The van der Waals surface area contributed by atoms with Crippen LogP contribution in [0.3, 0.4) is 0 Å². The van der Waals surface area contributed by atoms with E-state index in [4.69, 9.17) is 4.42 Å². The standard InChI is InChI=1S/C26H26FN3O4/c27-18-6-5-16-7-10-28-26(20(16)13-18)30-11-8-17(9-12-30)25(33)22(31)15-29-21-14-24(32)34-23-4-2-1-3-19(21)23/h1-7,10,13-14,17,22,25,29,31,33H,8-9,11-12,15H2/t22-,25-/m0/s1. The van der Waals surface area contributed by atoms with Crippen molar-refractivity contribution >= 4 is 33.2 Å². The number of nitrogens with zero attached hydrogens (tertiary/aromatic N) is 2. The van der Waals surface area contributed by atoms with Crippen molar-refractivity contribution < 1.29 is 19.0 Å². The molecule has 176 valence electrons. The number of aromatic nitrogens is 1. The Bertz CT molecular complexity index is 1370. The van der Waals surface area contributed by atoms with Crippen LogP contribution in [0.5, 0.6) is 0 Å². The summed E-state index contributed by atoms with van der Waals surface area (Å²) in [6.07, 6.45) is 1.14. The molecule has 3 heterocycles. The predicted molar refractivity (Wildman–Crippen MR) is 130 cm³/mol. The third kappa shape index (κ3) is 4.47. The predicted octanol–water partition coefficient (Wildman–Crippen LogP) is 3.53. The van der Waals surface area contributed by atoms with Gasteiger partial charge in [-0.2, -0.15) is 0 Å². The highest BCUT2D eigenvalue weighted by Crippen LogP contribution is 2.30. The van der Waals surface area contributed by atoms with Crippen molar-refractivity contribution in [2.75, 3.05) is 29.9 Å². The maximum atomic E-state index is 13.8. The minimum absolute atomic E-state index is 0.0858. The van der Waals surface area contributed by atoms with Crippen molar-refractivity contribution in [2.24, 2.45) is 5.92 Å². The van der Waals surface area contributed by atoms with Crippen LogP contribution in [0.25, 0.3) is 21.7 Å². The first-order valence-corrected chi connectivity index (χ1v) is 11.4. The highest BCUT2D eigenvalue weighted by Gasteiger charge is 2.30. The van der Waals surface area contributed by atoms with Crippen LogP contribution in [0.15, 0.2) is 70.0 Å². The smallest absolute Gasteiger partial charge is 0.338 e. The summed E-state index contributed by atoms with van der Waals surface area (Å²) >= 11 is 0. The Morgan fingerprint density at radius 3 is 2.71 bits per heavy atom. The van der Waals surface area contributed by atoms with E-state index in [2.05, 4.69) is 15.2 Å². The van der Waals surface area contributed by atoms with Crippen LogP contribution in [0.4, 0.5) is 15.9 Å². The van der Waals surface area contributed by atoms with Gasteiger partial charge < -0.3 is 24.8 Å². The Labute approximate surface area is 195 Å². The fourth-order valence-electron chi connectivity index (χ4n) is 4.74. The van der Waals surface area contributed by atoms with Crippen LogP contribution >= 0.6 is 0 Å². The van der Waals surface area contributed by atoms with Crippen molar-refractivity contribution in [3.8, 4) is 0 Å². The summed E-state index contributed by atoms with van der Waals surface area (Å²) in [7, 11) is 0. The van der Waals surface area contributed by atoms with E-state index in [1.165, 1.54) is 18.2 Å². The highest BCUT2D eigenvalue weighted by molar-refractivity contribution is 5.92. The Kier molecular flexibility index (Phi) is 6.17. The van der Waals surface area contributed by atoms with Crippen molar-refractivity contribution in [1.82, 2.24) is 4.98 Å². The number of hydrogen-bond donors (Lipinski definition) is 3. The minimum atomic E-state index is -1.01. The van der Waals surface area contributed by atoms with Crippen LogP contribution < -0.4 is 15.8 Å². The van der Waals surface area contributed by atoms with Crippen molar-refractivity contribution in [1.29, 1.82) is 0 Å². The lowest BCUT2D eigenvalue weighted by Crippen LogP contribution is -2.44. The molecule has 1 saturated heterocycles. The Morgan fingerprint density at radius 1 is 1.09 bits per heavy atom. The second kappa shape index (κ2) is 9.40. The monoisotopic (exact) mass is 463 g/mol. The lowest BCUT2D eigenvalue weighted by atomic mass is 9.88. The van der Waals surface area contributed by atoms with Crippen LogP contribution in [0.2, 0.25) is 0 Å². The van der Waals surface area contributed by atoms with E-state index in [0.717, 1.165) is 22.0 Å². The summed E-state index contributed by atoms with van der Waals surface area (Å²) in [6.45, 7) is 1.39. The molecule has 8 heteroatoms. The number of pyridine rings is 1. The SMILES string of the molecule is O=c1cc(NC[C@H](O)[C@@H](O)C2CCN(c3nccc4ccc(F)cc34)CC2)c2ccccc2o1. The van der Waals surface area contributed by atoms with Gasteiger partial charge in [-0.25, -0.2) is 14.2 Å². The molecule has 5 rings (SSSR count). The van der Waals surface area contributed by atoms with Crippen molar-refractivity contribution in [3.05, 3.63) is 77.0 Å². The molecule has 0 unspecified atom stereocenters. The molecule has 0 radical (unpaired) electrons. The van der Waals surface area contributed by atoms with Gasteiger partial charge in [0.05, 0.1) is 17.9 Å². The van der Waals surface area contributed by atoms with Gasteiger partial charge in [-0.1, -0.05) is 18.2 Å². The van der Waals surface area contributed by atoms with Gasteiger partial charge in [-0.3, -0.25) is 0 Å². The average molecular weight is 464 g/mol. The first kappa shape index (κ1) is 22.3. The van der Waals surface area contributed by atoms with Gasteiger partial charge in [0.25, 0.3) is 0 Å². The van der Waals surface area contributed by atoms with Crippen molar-refractivity contribution in [3.63, 3.8) is 0 Å². The lowest BCUT2D eigenvalue weighted by Gasteiger charge is -2.36. The quantitative estimate of drug-likeness (QED) is 0.376. The van der Waals surface area contributed by atoms with Crippen LogP contribution in [0.1, 0.15) is 12.8 Å². The first-order chi connectivity index (χ1) is 16.5. The lowest BCUT2D eigenvalue weighted by molar-refractivity contribution is -0.0166. The van der Waals surface area contributed by atoms with Crippen LogP contribution in [-0.2, 0) is 0 Å². The summed E-state index contributed by atoms with van der Waals surface area (Å²) < 4.78 is 19.0. The zero-order valence-electron chi connectivity index (χ0n) is 18.5. The van der Waals surface area contributed by atoms with Gasteiger partial charge in [0.15, 0.2) is 0 Å². The number of fused-ring (bicyclic) bond motifs is 2. The molecule has 3 N–H and O–H groups in total. The Balaban J connectivity index is 1.22. The highest BCUT2D eigenvalue weighted by atomic mass is 19.1. The maximum Gasteiger partial charge on any atom is 0.338 e. The summed E-state index contributed by atoms with van der Waals surface area (Å²) in [4.78, 5) is 18.4. The zero-order valence-corrected chi connectivity index (χ0v) is 18.5. The van der Waals surface area contributed by atoms with Crippen LogP contribution in [0, 0.1) is 11.7 Å². The van der Waals surface area contributed by atoms with Gasteiger partial charge in [0, 0.05) is 42.7 Å². The van der Waals surface area contributed by atoms with Gasteiger partial charge >= 0.3 is 5.63 Å². The fraction of sp³-hybridized carbons (Fsp3) is 0.308. The number of hydrogen-bond acceptors (Lipinski definition) is 7. The van der Waals surface area contributed by atoms with E-state index in [0.29, 0.717) is 37.2 Å². The largest absolute Gasteiger partial charge is 0.423 e. The summed E-state index contributed by atoms with van der Waals surface area (Å²) in [5, 5.41) is 27.0. The summed E-state index contributed by atoms with van der Waals surface area (Å²) in [5.74, 6) is 0.353. The van der Waals surface area contributed by atoms with E-state index in [1.54, 1.807) is 24.4 Å². The van der Waals surface area contributed by atoms with E-state index < -0.39 is 17.8 Å². The first-order valence-electron chi connectivity index (χ1n) is 11.4. The molecule has 0 spiro atoms. The molecule has 2 atom stereocenters. The van der Waals surface area contributed by atoms with E-state index in [1.807, 2.05) is 18.2 Å². The number of benzene rings is 2. The molecule has 2 aromatic heterocycles. The molecule has 0 saturated carbocycles. The molecule has 0 aliphatic carbocycles. The topological polar surface area (TPSA) is 98.8 Å². The second-order valence-corrected chi connectivity index (χ2v) is 8.74. The van der Waals surface area contributed by atoms with Gasteiger partial charge in [-0.15, -0.1) is 0 Å². The number of halogens is 1. The number of anilines is 2. The third-order valence-electron chi connectivity index (χ3n) is 6.58. The average Bonchev–Trinajstić information content (AvgIpc) is 2.86. The molecule has 7 nitrogen and oxygen atoms in total. The second-order valence-electron chi connectivity index (χ2n) is 8.74. The van der Waals surface area contributed by atoms with E-state index in [-0.39, 0.29) is 18.3 Å². The zero-order chi connectivity index (χ0) is 23.7. The molecule has 4 aromatic rings. The summed E-state index contributed by atoms with van der Waals surface area (Å²) in [5.41, 5.74) is 0.537. The molecule has 1 fully saturated rings. The number of rotatable bonds is 6. The molecule has 2 aromatic carbocycles. The molecule has 0 bridgehead atoms. The number of piperidine rings is 1. The van der Waals surface area contributed by atoms with Gasteiger partial charge in [0.1, 0.15) is 17.2 Å². The number of para-hydroxylation sites is 1.